The van der Waals surface area contributed by atoms with Crippen molar-refractivity contribution in [3.8, 4) is 0 Å². The maximum absolute atomic E-state index is 9.07. The number of hydrogen-bond donors (Lipinski definition) is 1. The molecule has 0 amide bonds. The van der Waals surface area contributed by atoms with Gasteiger partial charge in [0.1, 0.15) is 0 Å². The molecule has 2 aromatic rings. The van der Waals surface area contributed by atoms with E-state index in [1.54, 1.807) is 0 Å². The van der Waals surface area contributed by atoms with Crippen LogP contribution in [0, 0.1) is 0 Å². The molecule has 1 aromatic carbocycles. The van der Waals surface area contributed by atoms with Crippen molar-refractivity contribution in [3.63, 3.8) is 0 Å². The zero-order chi connectivity index (χ0) is 9.42. The molecule has 1 N–H and O–H groups in total. The van der Waals surface area contributed by atoms with Crippen molar-refractivity contribution >= 4 is 26.8 Å². The Morgan fingerprint density at radius 3 is 2.85 bits per heavy atom. The molecular weight excluding hydrogens is 230 g/mol. The summed E-state index contributed by atoms with van der Waals surface area (Å²) in [7, 11) is 1.96. The van der Waals surface area contributed by atoms with Gasteiger partial charge in [-0.1, -0.05) is 12.1 Å². The molecule has 0 spiro atoms. The van der Waals surface area contributed by atoms with Crippen LogP contribution in [0.2, 0.25) is 0 Å². The summed E-state index contributed by atoms with van der Waals surface area (Å²) < 4.78 is 3.06. The zero-order valence-electron chi connectivity index (χ0n) is 7.29. The molecule has 2 nitrogen and oxygen atoms in total. The predicted molar refractivity (Wildman–Crippen MR) is 56.5 cm³/mol. The van der Waals surface area contributed by atoms with Crippen LogP contribution in [-0.2, 0) is 13.7 Å². The SMILES string of the molecule is Cn1c(CO)cc2cccc(Br)c21. The fourth-order valence-electron chi connectivity index (χ4n) is 1.57. The van der Waals surface area contributed by atoms with Gasteiger partial charge >= 0.3 is 0 Å². The third-order valence-corrected chi connectivity index (χ3v) is 2.91. The first-order valence-electron chi connectivity index (χ1n) is 4.07. The molecule has 3 heteroatoms. The van der Waals surface area contributed by atoms with Gasteiger partial charge in [-0.15, -0.1) is 0 Å². The van der Waals surface area contributed by atoms with Crippen LogP contribution in [-0.4, -0.2) is 9.67 Å². The normalized spacial score (nSPS) is 11.0. The predicted octanol–water partition coefficient (Wildman–Crippen LogP) is 2.43. The van der Waals surface area contributed by atoms with Crippen LogP contribution in [0.25, 0.3) is 10.9 Å². The number of benzene rings is 1. The summed E-state index contributed by atoms with van der Waals surface area (Å²) in [6, 6.07) is 8.04. The van der Waals surface area contributed by atoms with Crippen LogP contribution < -0.4 is 0 Å². The number of para-hydroxylation sites is 1. The highest BCUT2D eigenvalue weighted by atomic mass is 79.9. The molecule has 0 saturated carbocycles. The van der Waals surface area contributed by atoms with Crippen LogP contribution in [0.3, 0.4) is 0 Å². The lowest BCUT2D eigenvalue weighted by Crippen LogP contribution is -1.95. The van der Waals surface area contributed by atoms with Crippen LogP contribution >= 0.6 is 15.9 Å². The first-order chi connectivity index (χ1) is 6.24. The fraction of sp³-hybridized carbons (Fsp3) is 0.200. The molecule has 1 aromatic heterocycles. The van der Waals surface area contributed by atoms with Crippen LogP contribution in [0.1, 0.15) is 5.69 Å². The average molecular weight is 240 g/mol. The van der Waals surface area contributed by atoms with Gasteiger partial charge in [0.05, 0.1) is 12.1 Å². The van der Waals surface area contributed by atoms with Gasteiger partial charge in [0.2, 0.25) is 0 Å². The lowest BCUT2D eigenvalue weighted by atomic mass is 10.2. The molecule has 0 saturated heterocycles. The van der Waals surface area contributed by atoms with E-state index >= 15 is 0 Å². The Hall–Kier alpha value is -0.800. The molecule has 0 atom stereocenters. The number of rotatable bonds is 1. The molecule has 0 aliphatic rings. The van der Waals surface area contributed by atoms with Gasteiger partial charge in [-0.3, -0.25) is 0 Å². The summed E-state index contributed by atoms with van der Waals surface area (Å²) in [5, 5.41) is 10.2. The molecule has 0 aliphatic heterocycles. The van der Waals surface area contributed by atoms with Gasteiger partial charge in [0.15, 0.2) is 0 Å². The van der Waals surface area contributed by atoms with Crippen molar-refractivity contribution in [2.75, 3.05) is 0 Å². The van der Waals surface area contributed by atoms with E-state index in [9.17, 15) is 0 Å². The van der Waals surface area contributed by atoms with E-state index in [1.807, 2.05) is 35.9 Å². The van der Waals surface area contributed by atoms with Crippen molar-refractivity contribution in [2.24, 2.45) is 7.05 Å². The summed E-state index contributed by atoms with van der Waals surface area (Å²) in [5.74, 6) is 0. The topological polar surface area (TPSA) is 25.2 Å². The van der Waals surface area contributed by atoms with Crippen molar-refractivity contribution in [1.29, 1.82) is 0 Å². The second-order valence-electron chi connectivity index (χ2n) is 3.03. The second-order valence-corrected chi connectivity index (χ2v) is 3.88. The number of aliphatic hydroxyl groups excluding tert-OH is 1. The largest absolute Gasteiger partial charge is 0.390 e. The maximum Gasteiger partial charge on any atom is 0.0833 e. The van der Waals surface area contributed by atoms with Crippen LogP contribution in [0.5, 0.6) is 0 Å². The number of halogens is 1. The highest BCUT2D eigenvalue weighted by molar-refractivity contribution is 9.10. The molecule has 0 radical (unpaired) electrons. The third-order valence-electron chi connectivity index (χ3n) is 2.27. The van der Waals surface area contributed by atoms with Crippen molar-refractivity contribution < 1.29 is 5.11 Å². The van der Waals surface area contributed by atoms with Gasteiger partial charge in [0.25, 0.3) is 0 Å². The summed E-state index contributed by atoms with van der Waals surface area (Å²) in [6.45, 7) is 0.0810. The Kier molecular flexibility index (Phi) is 2.14. The second kappa shape index (κ2) is 3.16. The Morgan fingerprint density at radius 2 is 2.23 bits per heavy atom. The number of nitrogens with zero attached hydrogens (tertiary/aromatic N) is 1. The number of hydrogen-bond acceptors (Lipinski definition) is 1. The number of aliphatic hydroxyl groups is 1. The Bertz CT molecular complexity index is 447. The molecule has 2 rings (SSSR count). The smallest absolute Gasteiger partial charge is 0.0833 e. The molecule has 0 unspecified atom stereocenters. The molecule has 0 fully saturated rings. The number of aryl methyl sites for hydroxylation is 1. The lowest BCUT2D eigenvalue weighted by Gasteiger charge is -2.01. The van der Waals surface area contributed by atoms with Gasteiger partial charge in [0, 0.05) is 22.6 Å². The van der Waals surface area contributed by atoms with Crippen LogP contribution in [0.4, 0.5) is 0 Å². The fourth-order valence-corrected chi connectivity index (χ4v) is 2.22. The molecular formula is C10H10BrNO. The van der Waals surface area contributed by atoms with E-state index in [1.165, 1.54) is 0 Å². The first kappa shape index (κ1) is 8.78. The van der Waals surface area contributed by atoms with Crippen molar-refractivity contribution in [3.05, 3.63) is 34.4 Å². The van der Waals surface area contributed by atoms with E-state index in [4.69, 9.17) is 5.11 Å². The quantitative estimate of drug-likeness (QED) is 0.813. The Balaban J connectivity index is 2.85. The first-order valence-corrected chi connectivity index (χ1v) is 4.87. The van der Waals surface area contributed by atoms with Gasteiger partial charge in [-0.2, -0.15) is 0 Å². The van der Waals surface area contributed by atoms with Crippen molar-refractivity contribution in [1.82, 2.24) is 4.57 Å². The molecule has 13 heavy (non-hydrogen) atoms. The van der Waals surface area contributed by atoms with Gasteiger partial charge in [-0.25, -0.2) is 0 Å². The van der Waals surface area contributed by atoms with Crippen molar-refractivity contribution in [2.45, 2.75) is 6.61 Å². The highest BCUT2D eigenvalue weighted by Gasteiger charge is 2.06. The van der Waals surface area contributed by atoms with E-state index in [-0.39, 0.29) is 6.61 Å². The summed E-state index contributed by atoms with van der Waals surface area (Å²) in [6.07, 6.45) is 0. The van der Waals surface area contributed by atoms with Gasteiger partial charge < -0.3 is 9.67 Å². The molecule has 0 aliphatic carbocycles. The minimum Gasteiger partial charge on any atom is -0.390 e. The maximum atomic E-state index is 9.07. The van der Waals surface area contributed by atoms with Gasteiger partial charge in [-0.05, 0) is 28.1 Å². The highest BCUT2D eigenvalue weighted by Crippen LogP contribution is 2.26. The molecule has 0 bridgehead atoms. The van der Waals surface area contributed by atoms with Crippen LogP contribution in [0.15, 0.2) is 28.7 Å². The third kappa shape index (κ3) is 1.28. The van der Waals surface area contributed by atoms with E-state index in [0.717, 1.165) is 21.1 Å². The minimum absolute atomic E-state index is 0.0810. The molecule has 1 heterocycles. The van der Waals surface area contributed by atoms with E-state index in [0.29, 0.717) is 0 Å². The summed E-state index contributed by atoms with van der Waals surface area (Å²) in [4.78, 5) is 0. The summed E-state index contributed by atoms with van der Waals surface area (Å²) in [5.41, 5.74) is 2.06. The van der Waals surface area contributed by atoms with E-state index in [2.05, 4.69) is 15.9 Å². The number of aromatic nitrogens is 1. The number of fused-ring (bicyclic) bond motifs is 1. The average Bonchev–Trinajstić information content (AvgIpc) is 2.44. The minimum atomic E-state index is 0.0810. The zero-order valence-corrected chi connectivity index (χ0v) is 8.87. The Labute approximate surface area is 84.9 Å². The lowest BCUT2D eigenvalue weighted by molar-refractivity contribution is 0.273. The Morgan fingerprint density at radius 1 is 1.46 bits per heavy atom. The molecule has 68 valence electrons. The summed E-state index contributed by atoms with van der Waals surface area (Å²) >= 11 is 3.49. The standard InChI is InChI=1S/C10H10BrNO/c1-12-8(6-13)5-7-3-2-4-9(11)10(7)12/h2-5,13H,6H2,1H3. The van der Waals surface area contributed by atoms with E-state index < -0.39 is 0 Å². The monoisotopic (exact) mass is 239 g/mol.